The molecule has 4 rings (SSSR count). The van der Waals surface area contributed by atoms with Gasteiger partial charge in [0.2, 0.25) is 0 Å². The molecule has 1 atom stereocenters. The minimum atomic E-state index is 0.116. The fourth-order valence-electron chi connectivity index (χ4n) is 4.68. The van der Waals surface area contributed by atoms with Crippen LogP contribution >= 0.6 is 0 Å². The molecule has 1 fully saturated rings. The van der Waals surface area contributed by atoms with Crippen LogP contribution in [0.1, 0.15) is 59.5 Å². The first-order valence-electron chi connectivity index (χ1n) is 11.4. The van der Waals surface area contributed by atoms with Gasteiger partial charge in [0, 0.05) is 55.2 Å². The maximum Gasteiger partial charge on any atom is 0.274 e. The van der Waals surface area contributed by atoms with Crippen molar-refractivity contribution >= 4 is 5.91 Å². The molecular weight excluding hydrogens is 374 g/mol. The molecule has 1 saturated heterocycles. The zero-order valence-electron chi connectivity index (χ0n) is 17.9. The highest BCUT2D eigenvalue weighted by atomic mass is 16.2. The quantitative estimate of drug-likeness (QED) is 0.716. The van der Waals surface area contributed by atoms with E-state index in [4.69, 9.17) is 5.10 Å². The number of pyridine rings is 1. The van der Waals surface area contributed by atoms with E-state index in [-0.39, 0.29) is 5.91 Å². The lowest BCUT2D eigenvalue weighted by atomic mass is 9.91. The van der Waals surface area contributed by atoms with E-state index in [1.165, 1.54) is 18.5 Å². The molecule has 1 aliphatic carbocycles. The molecule has 3 heterocycles. The Labute approximate surface area is 179 Å². The van der Waals surface area contributed by atoms with Crippen LogP contribution in [-0.2, 0) is 25.8 Å². The summed E-state index contributed by atoms with van der Waals surface area (Å²) in [5.74, 6) is 0.116. The van der Waals surface area contributed by atoms with Crippen LogP contribution in [0.4, 0.5) is 0 Å². The summed E-state index contributed by atoms with van der Waals surface area (Å²) in [6.07, 6.45) is 12.1. The number of carbonyl (C=O) groups excluding carboxylic acids is 1. The molecule has 1 amide bonds. The van der Waals surface area contributed by atoms with E-state index < -0.39 is 0 Å². The summed E-state index contributed by atoms with van der Waals surface area (Å²) in [5, 5.41) is 8.45. The number of rotatable bonds is 7. The first kappa shape index (κ1) is 20.8. The van der Waals surface area contributed by atoms with Crippen LogP contribution in [0.2, 0.25) is 0 Å². The van der Waals surface area contributed by atoms with Crippen molar-refractivity contribution in [3.05, 3.63) is 59.7 Å². The Bertz CT molecular complexity index is 852. The SMILES string of the molecule is C=CCn1nc(C(=O)N2CCCCCC2)c2c1CCC(NCCc1ccccn1)C2. The van der Waals surface area contributed by atoms with Crippen molar-refractivity contribution in [2.45, 2.75) is 64.0 Å². The Morgan fingerprint density at radius 1 is 1.23 bits per heavy atom. The second kappa shape index (κ2) is 10.0. The minimum absolute atomic E-state index is 0.116. The Balaban J connectivity index is 1.46. The van der Waals surface area contributed by atoms with E-state index in [0.717, 1.165) is 69.4 Å². The predicted octanol–water partition coefficient (Wildman–Crippen LogP) is 3.17. The van der Waals surface area contributed by atoms with Crippen LogP contribution in [0.25, 0.3) is 0 Å². The van der Waals surface area contributed by atoms with Crippen LogP contribution < -0.4 is 5.32 Å². The smallest absolute Gasteiger partial charge is 0.274 e. The van der Waals surface area contributed by atoms with Crippen LogP contribution in [0.3, 0.4) is 0 Å². The van der Waals surface area contributed by atoms with Gasteiger partial charge in [-0.05, 0) is 44.2 Å². The van der Waals surface area contributed by atoms with E-state index in [1.54, 1.807) is 0 Å². The van der Waals surface area contributed by atoms with Crippen molar-refractivity contribution in [2.24, 2.45) is 0 Å². The predicted molar refractivity (Wildman–Crippen MR) is 119 cm³/mol. The van der Waals surface area contributed by atoms with Gasteiger partial charge in [0.1, 0.15) is 0 Å². The van der Waals surface area contributed by atoms with Crippen molar-refractivity contribution < 1.29 is 4.79 Å². The van der Waals surface area contributed by atoms with Crippen LogP contribution in [-0.4, -0.2) is 51.2 Å². The molecule has 1 N–H and O–H groups in total. The summed E-state index contributed by atoms with van der Waals surface area (Å²) < 4.78 is 2.00. The van der Waals surface area contributed by atoms with Gasteiger partial charge in [0.05, 0.1) is 6.54 Å². The van der Waals surface area contributed by atoms with E-state index in [9.17, 15) is 4.79 Å². The second-order valence-electron chi connectivity index (χ2n) is 8.42. The second-order valence-corrected chi connectivity index (χ2v) is 8.42. The van der Waals surface area contributed by atoms with E-state index in [0.29, 0.717) is 18.3 Å². The Morgan fingerprint density at radius 3 is 2.80 bits per heavy atom. The third kappa shape index (κ3) is 4.81. The number of nitrogens with zero attached hydrogens (tertiary/aromatic N) is 4. The van der Waals surface area contributed by atoms with Crippen molar-refractivity contribution in [3.8, 4) is 0 Å². The van der Waals surface area contributed by atoms with Gasteiger partial charge in [-0.25, -0.2) is 0 Å². The van der Waals surface area contributed by atoms with Crippen molar-refractivity contribution in [1.29, 1.82) is 0 Å². The number of likely N-dealkylation sites (tertiary alicyclic amines) is 1. The van der Waals surface area contributed by atoms with Crippen molar-refractivity contribution in [3.63, 3.8) is 0 Å². The Morgan fingerprint density at radius 2 is 2.07 bits per heavy atom. The molecule has 30 heavy (non-hydrogen) atoms. The summed E-state index contributed by atoms with van der Waals surface area (Å²) in [7, 11) is 0. The highest BCUT2D eigenvalue weighted by Gasteiger charge is 2.31. The molecule has 0 radical (unpaired) electrons. The lowest BCUT2D eigenvalue weighted by Gasteiger charge is -2.25. The molecule has 0 bridgehead atoms. The van der Waals surface area contributed by atoms with Crippen LogP contribution in [0.15, 0.2) is 37.1 Å². The normalized spacial score (nSPS) is 19.2. The topological polar surface area (TPSA) is 63.1 Å². The largest absolute Gasteiger partial charge is 0.337 e. The van der Waals surface area contributed by atoms with Gasteiger partial charge >= 0.3 is 0 Å². The molecule has 6 heteroatoms. The van der Waals surface area contributed by atoms with Crippen molar-refractivity contribution in [1.82, 2.24) is 25.0 Å². The zero-order chi connectivity index (χ0) is 20.8. The number of nitrogens with one attached hydrogen (secondary N) is 1. The van der Waals surface area contributed by atoms with Crippen LogP contribution in [0, 0.1) is 0 Å². The Hall–Kier alpha value is -2.47. The number of hydrogen-bond donors (Lipinski definition) is 1. The minimum Gasteiger partial charge on any atom is -0.337 e. The summed E-state index contributed by atoms with van der Waals surface area (Å²) in [6.45, 7) is 7.14. The molecular formula is C24H33N5O. The lowest BCUT2D eigenvalue weighted by Crippen LogP contribution is -2.37. The number of allylic oxidation sites excluding steroid dienone is 1. The summed E-state index contributed by atoms with van der Waals surface area (Å²) in [6, 6.07) is 6.42. The first-order chi connectivity index (χ1) is 14.8. The zero-order valence-corrected chi connectivity index (χ0v) is 17.9. The van der Waals surface area contributed by atoms with Crippen molar-refractivity contribution in [2.75, 3.05) is 19.6 Å². The van der Waals surface area contributed by atoms with E-state index in [1.807, 2.05) is 34.0 Å². The average molecular weight is 408 g/mol. The van der Waals surface area contributed by atoms with Gasteiger partial charge in [-0.1, -0.05) is 25.0 Å². The maximum absolute atomic E-state index is 13.3. The first-order valence-corrected chi connectivity index (χ1v) is 11.4. The van der Waals surface area contributed by atoms with E-state index in [2.05, 4.69) is 22.9 Å². The summed E-state index contributed by atoms with van der Waals surface area (Å²) >= 11 is 0. The van der Waals surface area contributed by atoms with Crippen LogP contribution in [0.5, 0.6) is 0 Å². The van der Waals surface area contributed by atoms with Gasteiger partial charge in [-0.15, -0.1) is 6.58 Å². The van der Waals surface area contributed by atoms with Gasteiger partial charge in [-0.2, -0.15) is 5.10 Å². The number of carbonyl (C=O) groups is 1. The fourth-order valence-corrected chi connectivity index (χ4v) is 4.68. The monoisotopic (exact) mass is 407 g/mol. The number of hydrogen-bond acceptors (Lipinski definition) is 4. The molecule has 2 aromatic heterocycles. The molecule has 2 aromatic rings. The lowest BCUT2D eigenvalue weighted by molar-refractivity contribution is 0.0753. The Kier molecular flexibility index (Phi) is 6.95. The van der Waals surface area contributed by atoms with Gasteiger partial charge < -0.3 is 10.2 Å². The number of fused-ring (bicyclic) bond motifs is 1. The molecule has 0 spiro atoms. The maximum atomic E-state index is 13.3. The molecule has 0 saturated carbocycles. The number of amides is 1. The van der Waals surface area contributed by atoms with Gasteiger partial charge in [-0.3, -0.25) is 14.5 Å². The molecule has 160 valence electrons. The summed E-state index contributed by atoms with van der Waals surface area (Å²) in [5.41, 5.74) is 4.14. The average Bonchev–Trinajstić information content (AvgIpc) is 2.93. The molecule has 2 aliphatic rings. The molecule has 0 aromatic carbocycles. The fraction of sp³-hybridized carbons (Fsp3) is 0.542. The van der Waals surface area contributed by atoms with Gasteiger partial charge in [0.25, 0.3) is 5.91 Å². The number of aromatic nitrogens is 3. The highest BCUT2D eigenvalue weighted by molar-refractivity contribution is 5.94. The van der Waals surface area contributed by atoms with Gasteiger partial charge in [0.15, 0.2) is 5.69 Å². The summed E-state index contributed by atoms with van der Waals surface area (Å²) in [4.78, 5) is 19.8. The third-order valence-corrected chi connectivity index (χ3v) is 6.28. The highest BCUT2D eigenvalue weighted by Crippen LogP contribution is 2.27. The standard InChI is InChI=1S/C24H33N5O/c1-2-15-29-22-11-10-20(26-14-12-19-9-5-6-13-25-19)18-21(22)23(27-29)24(30)28-16-7-3-4-8-17-28/h2,5-6,9,13,20,26H,1,3-4,7-8,10-12,14-18H2. The third-order valence-electron chi connectivity index (χ3n) is 6.28. The molecule has 6 nitrogen and oxygen atoms in total. The molecule has 1 unspecified atom stereocenters. The molecule has 1 aliphatic heterocycles. The van der Waals surface area contributed by atoms with E-state index >= 15 is 0 Å².